The van der Waals surface area contributed by atoms with Gasteiger partial charge in [-0.05, 0) is 25.0 Å². The Morgan fingerprint density at radius 1 is 1.44 bits per heavy atom. The fraction of sp³-hybridized carbons (Fsp3) is 0.667. The lowest BCUT2D eigenvalue weighted by Gasteiger charge is -2.37. The second-order valence-corrected chi connectivity index (χ2v) is 6.43. The summed E-state index contributed by atoms with van der Waals surface area (Å²) in [7, 11) is 0. The van der Waals surface area contributed by atoms with Gasteiger partial charge in [0, 0.05) is 18.4 Å². The summed E-state index contributed by atoms with van der Waals surface area (Å²) in [5.74, 6) is 2.99. The summed E-state index contributed by atoms with van der Waals surface area (Å²) in [5, 5.41) is 3.96. The lowest BCUT2D eigenvalue weighted by atomic mass is 9.90. The van der Waals surface area contributed by atoms with Gasteiger partial charge in [-0.1, -0.05) is 11.6 Å². The number of rotatable bonds is 2. The van der Waals surface area contributed by atoms with E-state index in [-0.39, 0.29) is 5.60 Å². The molecule has 0 bridgehead atoms. The molecule has 0 radical (unpaired) electrons. The molecule has 2 fully saturated rings. The molecule has 98 valence electrons. The van der Waals surface area contributed by atoms with E-state index in [9.17, 15) is 0 Å². The number of thioether (sulfide) groups is 1. The molecule has 2 aliphatic rings. The zero-order chi connectivity index (χ0) is 12.4. The molecular formula is C12H16ClN3OS. The fourth-order valence-corrected chi connectivity index (χ4v) is 4.06. The van der Waals surface area contributed by atoms with E-state index in [4.69, 9.17) is 16.3 Å². The van der Waals surface area contributed by atoms with Crippen LogP contribution in [0.25, 0.3) is 0 Å². The van der Waals surface area contributed by atoms with Gasteiger partial charge in [-0.25, -0.2) is 9.97 Å². The smallest absolute Gasteiger partial charge is 0.222 e. The van der Waals surface area contributed by atoms with Gasteiger partial charge >= 0.3 is 0 Å². The van der Waals surface area contributed by atoms with E-state index in [1.807, 2.05) is 11.8 Å². The van der Waals surface area contributed by atoms with Crippen molar-refractivity contribution in [3.05, 3.63) is 17.4 Å². The number of nitrogens with zero attached hydrogens (tertiary/aromatic N) is 2. The van der Waals surface area contributed by atoms with Crippen LogP contribution in [0, 0.1) is 0 Å². The third-order valence-electron chi connectivity index (χ3n) is 3.51. The zero-order valence-corrected chi connectivity index (χ0v) is 11.6. The summed E-state index contributed by atoms with van der Waals surface area (Å²) >= 11 is 7.77. The SMILES string of the molecule is Clc1cnc(N[C@@H]2CCO[C@]3(CCSC3)C2)nc1. The predicted octanol–water partition coefficient (Wildman–Crippen LogP) is 2.60. The maximum Gasteiger partial charge on any atom is 0.222 e. The van der Waals surface area contributed by atoms with E-state index >= 15 is 0 Å². The molecule has 2 atom stereocenters. The van der Waals surface area contributed by atoms with E-state index in [1.165, 1.54) is 5.75 Å². The number of aromatic nitrogens is 2. The van der Waals surface area contributed by atoms with Gasteiger partial charge < -0.3 is 10.1 Å². The van der Waals surface area contributed by atoms with Crippen LogP contribution in [-0.4, -0.2) is 39.7 Å². The Hall–Kier alpha value is -0.520. The molecule has 1 N–H and O–H groups in total. The number of anilines is 1. The minimum absolute atomic E-state index is 0.0903. The van der Waals surface area contributed by atoms with Gasteiger partial charge in [-0.2, -0.15) is 11.8 Å². The third-order valence-corrected chi connectivity index (χ3v) is 4.93. The molecular weight excluding hydrogens is 270 g/mol. The summed E-state index contributed by atoms with van der Waals surface area (Å²) in [5.41, 5.74) is 0.0903. The van der Waals surface area contributed by atoms with Gasteiger partial charge in [0.05, 0.1) is 23.0 Å². The summed E-state index contributed by atoms with van der Waals surface area (Å²) in [6.07, 6.45) is 6.47. The molecule has 0 saturated carbocycles. The summed E-state index contributed by atoms with van der Waals surface area (Å²) < 4.78 is 5.99. The van der Waals surface area contributed by atoms with Gasteiger partial charge in [0.1, 0.15) is 0 Å². The summed E-state index contributed by atoms with van der Waals surface area (Å²) in [6, 6.07) is 0.402. The molecule has 1 spiro atoms. The molecule has 1 aromatic heterocycles. The van der Waals surface area contributed by atoms with Crippen molar-refractivity contribution in [2.45, 2.75) is 30.9 Å². The molecule has 3 heterocycles. The third kappa shape index (κ3) is 2.73. The molecule has 4 nitrogen and oxygen atoms in total. The molecule has 3 rings (SSSR count). The van der Waals surface area contributed by atoms with Crippen LogP contribution in [0.4, 0.5) is 5.95 Å². The van der Waals surface area contributed by atoms with Crippen molar-refractivity contribution >= 4 is 29.3 Å². The second kappa shape index (κ2) is 5.23. The molecule has 18 heavy (non-hydrogen) atoms. The maximum absolute atomic E-state index is 5.99. The van der Waals surface area contributed by atoms with Crippen LogP contribution in [-0.2, 0) is 4.74 Å². The van der Waals surface area contributed by atoms with Crippen molar-refractivity contribution in [2.24, 2.45) is 0 Å². The van der Waals surface area contributed by atoms with Crippen LogP contribution in [0.2, 0.25) is 5.02 Å². The van der Waals surface area contributed by atoms with E-state index in [0.717, 1.165) is 31.6 Å². The van der Waals surface area contributed by atoms with Gasteiger partial charge in [-0.15, -0.1) is 0 Å². The Bertz CT molecular complexity index is 408. The highest BCUT2D eigenvalue weighted by Gasteiger charge is 2.40. The lowest BCUT2D eigenvalue weighted by molar-refractivity contribution is -0.0628. The molecule has 0 amide bonds. The van der Waals surface area contributed by atoms with Crippen molar-refractivity contribution in [1.82, 2.24) is 9.97 Å². The molecule has 0 aliphatic carbocycles. The summed E-state index contributed by atoms with van der Waals surface area (Å²) in [6.45, 7) is 0.825. The first-order valence-electron chi connectivity index (χ1n) is 6.22. The minimum Gasteiger partial charge on any atom is -0.374 e. The number of ether oxygens (including phenoxy) is 1. The van der Waals surface area contributed by atoms with Crippen LogP contribution in [0.3, 0.4) is 0 Å². The molecule has 1 aromatic rings. The first-order valence-corrected chi connectivity index (χ1v) is 7.75. The van der Waals surface area contributed by atoms with E-state index in [1.54, 1.807) is 12.4 Å². The van der Waals surface area contributed by atoms with Crippen molar-refractivity contribution in [2.75, 3.05) is 23.4 Å². The minimum atomic E-state index is 0.0903. The molecule has 6 heteroatoms. The van der Waals surface area contributed by atoms with Gasteiger partial charge in [0.25, 0.3) is 0 Å². The van der Waals surface area contributed by atoms with Crippen LogP contribution >= 0.6 is 23.4 Å². The van der Waals surface area contributed by atoms with Gasteiger partial charge in [0.15, 0.2) is 0 Å². The number of hydrogen-bond donors (Lipinski definition) is 1. The van der Waals surface area contributed by atoms with Crippen LogP contribution < -0.4 is 5.32 Å². The topological polar surface area (TPSA) is 47.0 Å². The second-order valence-electron chi connectivity index (χ2n) is 4.89. The van der Waals surface area contributed by atoms with E-state index in [2.05, 4.69) is 15.3 Å². The molecule has 2 saturated heterocycles. The quantitative estimate of drug-likeness (QED) is 0.905. The van der Waals surface area contributed by atoms with Crippen LogP contribution in [0.15, 0.2) is 12.4 Å². The van der Waals surface area contributed by atoms with Crippen LogP contribution in [0.5, 0.6) is 0 Å². The predicted molar refractivity (Wildman–Crippen MR) is 74.3 cm³/mol. The zero-order valence-electron chi connectivity index (χ0n) is 10.1. The van der Waals surface area contributed by atoms with Gasteiger partial charge in [0.2, 0.25) is 5.95 Å². The van der Waals surface area contributed by atoms with Crippen molar-refractivity contribution < 1.29 is 4.74 Å². The largest absolute Gasteiger partial charge is 0.374 e. The maximum atomic E-state index is 5.99. The molecule has 0 unspecified atom stereocenters. The lowest BCUT2D eigenvalue weighted by Crippen LogP contribution is -2.44. The van der Waals surface area contributed by atoms with Crippen molar-refractivity contribution in [3.8, 4) is 0 Å². The van der Waals surface area contributed by atoms with Gasteiger partial charge in [-0.3, -0.25) is 0 Å². The van der Waals surface area contributed by atoms with Crippen molar-refractivity contribution in [1.29, 1.82) is 0 Å². The number of hydrogen-bond acceptors (Lipinski definition) is 5. The van der Waals surface area contributed by atoms with E-state index < -0.39 is 0 Å². The standard InChI is InChI=1S/C12H16ClN3OS/c13-9-6-14-11(15-7-9)16-10-1-3-17-12(5-10)2-4-18-8-12/h6-7,10H,1-5,8H2,(H,14,15,16)/t10-,12-/m1/s1. The monoisotopic (exact) mass is 285 g/mol. The Kier molecular flexibility index (Phi) is 3.63. The summed E-state index contributed by atoms with van der Waals surface area (Å²) in [4.78, 5) is 8.37. The Morgan fingerprint density at radius 3 is 3.00 bits per heavy atom. The number of halogens is 1. The first kappa shape index (κ1) is 12.5. The highest BCUT2D eigenvalue weighted by molar-refractivity contribution is 7.99. The fourth-order valence-electron chi connectivity index (χ4n) is 2.58. The van der Waals surface area contributed by atoms with E-state index in [0.29, 0.717) is 17.0 Å². The highest BCUT2D eigenvalue weighted by Crippen LogP contribution is 2.38. The average molecular weight is 286 g/mol. The Labute approximate surface area is 116 Å². The normalized spacial score (nSPS) is 31.7. The van der Waals surface area contributed by atoms with Crippen LogP contribution in [0.1, 0.15) is 19.3 Å². The number of nitrogens with one attached hydrogen (secondary N) is 1. The van der Waals surface area contributed by atoms with Crippen molar-refractivity contribution in [3.63, 3.8) is 0 Å². The first-order chi connectivity index (χ1) is 8.76. The molecule has 2 aliphatic heterocycles. The average Bonchev–Trinajstić information content (AvgIpc) is 2.80. The molecule has 0 aromatic carbocycles. The Balaban J connectivity index is 1.64. The highest BCUT2D eigenvalue weighted by atomic mass is 35.5. The Morgan fingerprint density at radius 2 is 2.28 bits per heavy atom.